The van der Waals surface area contributed by atoms with Crippen LogP contribution in [0, 0.1) is 11.8 Å². The number of nitrogens with two attached hydrogens (primary N) is 1. The van der Waals surface area contributed by atoms with E-state index in [9.17, 15) is 0 Å². The molecule has 0 saturated heterocycles. The fourth-order valence-corrected chi connectivity index (χ4v) is 3.43. The molecule has 3 atom stereocenters. The van der Waals surface area contributed by atoms with Crippen molar-refractivity contribution in [3.05, 3.63) is 29.8 Å². The van der Waals surface area contributed by atoms with Crippen LogP contribution in [0.15, 0.2) is 29.3 Å². The van der Waals surface area contributed by atoms with E-state index in [1.165, 1.54) is 24.8 Å². The maximum atomic E-state index is 6.07. The number of guanidine groups is 1. The molecule has 4 heteroatoms. The highest BCUT2D eigenvalue weighted by atomic mass is 16.5. The van der Waals surface area contributed by atoms with E-state index in [0.717, 1.165) is 31.2 Å². The van der Waals surface area contributed by atoms with Crippen LogP contribution in [-0.4, -0.2) is 19.1 Å². The van der Waals surface area contributed by atoms with E-state index in [-0.39, 0.29) is 6.04 Å². The second kappa shape index (κ2) is 6.37. The van der Waals surface area contributed by atoms with E-state index in [0.29, 0.717) is 11.9 Å². The lowest BCUT2D eigenvalue weighted by molar-refractivity contribution is 0.262. The van der Waals surface area contributed by atoms with Gasteiger partial charge in [0, 0.05) is 18.5 Å². The summed E-state index contributed by atoms with van der Waals surface area (Å²) in [6.07, 6.45) is 4.84. The van der Waals surface area contributed by atoms with Gasteiger partial charge < -0.3 is 15.8 Å². The normalized spacial score (nSPS) is 28.8. The van der Waals surface area contributed by atoms with Gasteiger partial charge in [-0.25, -0.2) is 0 Å². The third-order valence-corrected chi connectivity index (χ3v) is 4.60. The average molecular weight is 287 g/mol. The molecule has 2 aliphatic rings. The average Bonchev–Trinajstić information content (AvgIpc) is 2.91. The molecule has 0 aromatic heterocycles. The van der Waals surface area contributed by atoms with Crippen molar-refractivity contribution in [1.82, 2.24) is 5.32 Å². The first-order valence-corrected chi connectivity index (χ1v) is 8.00. The standard InChI is InChI=1S/C17H25N3O/c1-12-6-7-13(10-12)11-19-17(18)20-15-8-9-21-16-5-3-2-4-14(15)16/h2-5,12-13,15H,6-11H2,1H3,(H3,18,19,20). The van der Waals surface area contributed by atoms with Gasteiger partial charge in [-0.1, -0.05) is 31.5 Å². The number of nitrogens with zero attached hydrogens (tertiary/aromatic N) is 1. The van der Waals surface area contributed by atoms with Crippen LogP contribution in [0.1, 0.15) is 44.2 Å². The van der Waals surface area contributed by atoms with Crippen molar-refractivity contribution in [3.63, 3.8) is 0 Å². The van der Waals surface area contributed by atoms with Gasteiger partial charge in [-0.15, -0.1) is 0 Å². The number of hydrogen-bond acceptors (Lipinski definition) is 2. The summed E-state index contributed by atoms with van der Waals surface area (Å²) in [7, 11) is 0. The number of ether oxygens (including phenoxy) is 1. The van der Waals surface area contributed by atoms with Gasteiger partial charge >= 0.3 is 0 Å². The second-order valence-corrected chi connectivity index (χ2v) is 6.38. The Morgan fingerprint density at radius 2 is 2.19 bits per heavy atom. The first-order valence-electron chi connectivity index (χ1n) is 8.00. The summed E-state index contributed by atoms with van der Waals surface area (Å²) < 4.78 is 5.67. The van der Waals surface area contributed by atoms with Crippen LogP contribution in [0.2, 0.25) is 0 Å². The zero-order valence-corrected chi connectivity index (χ0v) is 12.7. The molecule has 1 aliphatic carbocycles. The van der Waals surface area contributed by atoms with Crippen molar-refractivity contribution in [2.75, 3.05) is 13.2 Å². The van der Waals surface area contributed by atoms with Crippen LogP contribution < -0.4 is 15.8 Å². The number of aliphatic imine (C=N–C) groups is 1. The van der Waals surface area contributed by atoms with Crippen LogP contribution in [0.5, 0.6) is 5.75 Å². The van der Waals surface area contributed by atoms with Crippen molar-refractivity contribution >= 4 is 5.96 Å². The van der Waals surface area contributed by atoms with E-state index in [1.54, 1.807) is 0 Å². The topological polar surface area (TPSA) is 59.6 Å². The number of benzene rings is 1. The van der Waals surface area contributed by atoms with Crippen LogP contribution in [-0.2, 0) is 0 Å². The maximum Gasteiger partial charge on any atom is 0.189 e. The highest BCUT2D eigenvalue weighted by molar-refractivity contribution is 5.78. The van der Waals surface area contributed by atoms with Crippen LogP contribution >= 0.6 is 0 Å². The van der Waals surface area contributed by atoms with E-state index in [4.69, 9.17) is 10.5 Å². The molecule has 114 valence electrons. The van der Waals surface area contributed by atoms with Crippen molar-refractivity contribution in [2.45, 2.75) is 38.6 Å². The Balaban J connectivity index is 1.59. The summed E-state index contributed by atoms with van der Waals surface area (Å²) in [6.45, 7) is 3.90. The molecule has 3 unspecified atom stereocenters. The summed E-state index contributed by atoms with van der Waals surface area (Å²) in [6, 6.07) is 8.35. The van der Waals surface area contributed by atoms with Gasteiger partial charge in [0.2, 0.25) is 0 Å². The van der Waals surface area contributed by atoms with Crippen LogP contribution in [0.4, 0.5) is 0 Å². The quantitative estimate of drug-likeness (QED) is 0.664. The van der Waals surface area contributed by atoms with E-state index in [2.05, 4.69) is 23.3 Å². The number of para-hydroxylation sites is 1. The van der Waals surface area contributed by atoms with Crippen molar-refractivity contribution < 1.29 is 4.74 Å². The minimum Gasteiger partial charge on any atom is -0.493 e. The molecule has 1 aromatic rings. The second-order valence-electron chi connectivity index (χ2n) is 6.38. The molecule has 0 spiro atoms. The van der Waals surface area contributed by atoms with E-state index >= 15 is 0 Å². The first kappa shape index (κ1) is 14.2. The molecule has 1 fully saturated rings. The SMILES string of the molecule is CC1CCC(CN=C(N)NC2CCOc3ccccc32)C1. The maximum absolute atomic E-state index is 6.07. The molecular weight excluding hydrogens is 262 g/mol. The molecule has 3 rings (SSSR count). The Hall–Kier alpha value is -1.71. The Labute approximate surface area is 126 Å². The highest BCUT2D eigenvalue weighted by Gasteiger charge is 2.22. The molecule has 0 amide bonds. The number of nitrogens with one attached hydrogen (secondary N) is 1. The zero-order chi connectivity index (χ0) is 14.7. The molecule has 0 radical (unpaired) electrons. The van der Waals surface area contributed by atoms with Crippen molar-refractivity contribution in [2.24, 2.45) is 22.6 Å². The van der Waals surface area contributed by atoms with Crippen LogP contribution in [0.3, 0.4) is 0 Å². The predicted octanol–water partition coefficient (Wildman–Crippen LogP) is 2.85. The minimum atomic E-state index is 0.209. The molecule has 1 saturated carbocycles. The lowest BCUT2D eigenvalue weighted by Crippen LogP contribution is -2.37. The number of rotatable bonds is 3. The van der Waals surface area contributed by atoms with E-state index in [1.807, 2.05) is 18.2 Å². The fraction of sp³-hybridized carbons (Fsp3) is 0.588. The number of hydrogen-bond donors (Lipinski definition) is 2. The highest BCUT2D eigenvalue weighted by Crippen LogP contribution is 2.32. The zero-order valence-electron chi connectivity index (χ0n) is 12.7. The Morgan fingerprint density at radius 1 is 1.33 bits per heavy atom. The Morgan fingerprint density at radius 3 is 3.00 bits per heavy atom. The van der Waals surface area contributed by atoms with Crippen molar-refractivity contribution in [1.29, 1.82) is 0 Å². The third kappa shape index (κ3) is 3.49. The molecule has 1 aromatic carbocycles. The third-order valence-electron chi connectivity index (χ3n) is 4.60. The van der Waals surface area contributed by atoms with Gasteiger partial charge in [0.25, 0.3) is 0 Å². The molecule has 0 bridgehead atoms. The monoisotopic (exact) mass is 287 g/mol. The summed E-state index contributed by atoms with van der Waals surface area (Å²) >= 11 is 0. The summed E-state index contributed by atoms with van der Waals surface area (Å²) in [5.41, 5.74) is 7.25. The summed E-state index contributed by atoms with van der Waals surface area (Å²) in [5.74, 6) is 3.08. The Kier molecular flexibility index (Phi) is 4.32. The molecule has 3 N–H and O–H groups in total. The smallest absolute Gasteiger partial charge is 0.189 e. The molecular formula is C17H25N3O. The van der Waals surface area contributed by atoms with Crippen LogP contribution in [0.25, 0.3) is 0 Å². The van der Waals surface area contributed by atoms with Gasteiger partial charge in [0.1, 0.15) is 5.75 Å². The lowest BCUT2D eigenvalue weighted by atomic mass is 10.0. The van der Waals surface area contributed by atoms with Gasteiger partial charge in [-0.2, -0.15) is 0 Å². The number of fused-ring (bicyclic) bond motifs is 1. The molecule has 4 nitrogen and oxygen atoms in total. The molecule has 21 heavy (non-hydrogen) atoms. The first-order chi connectivity index (χ1) is 10.2. The fourth-order valence-electron chi connectivity index (χ4n) is 3.43. The summed E-state index contributed by atoms with van der Waals surface area (Å²) in [4.78, 5) is 4.55. The largest absolute Gasteiger partial charge is 0.493 e. The van der Waals surface area contributed by atoms with Gasteiger partial charge in [0.15, 0.2) is 5.96 Å². The van der Waals surface area contributed by atoms with Gasteiger partial charge in [0.05, 0.1) is 12.6 Å². The summed E-state index contributed by atoms with van der Waals surface area (Å²) in [5, 5.41) is 3.36. The lowest BCUT2D eigenvalue weighted by Gasteiger charge is -2.27. The van der Waals surface area contributed by atoms with Gasteiger partial charge in [-0.05, 0) is 30.7 Å². The Bertz CT molecular complexity index is 515. The minimum absolute atomic E-state index is 0.209. The molecule has 1 aliphatic heterocycles. The van der Waals surface area contributed by atoms with Gasteiger partial charge in [-0.3, -0.25) is 4.99 Å². The predicted molar refractivity (Wildman–Crippen MR) is 85.4 cm³/mol. The molecule has 1 heterocycles. The van der Waals surface area contributed by atoms with E-state index < -0.39 is 0 Å². The van der Waals surface area contributed by atoms with Crippen molar-refractivity contribution in [3.8, 4) is 5.75 Å².